The quantitative estimate of drug-likeness (QED) is 0.417. The number of hydrogen-bond donors (Lipinski definition) is 1. The Morgan fingerprint density at radius 1 is 1.47 bits per heavy atom. The second kappa shape index (κ2) is 8.10. The summed E-state index contributed by atoms with van der Waals surface area (Å²) in [5.74, 6) is 1.06. The maximum absolute atomic E-state index is 5.44. The second-order valence-electron chi connectivity index (χ2n) is 3.65. The number of ether oxygens (including phenoxy) is 1. The van der Waals surface area contributed by atoms with Gasteiger partial charge in [0.1, 0.15) is 0 Å². The lowest BCUT2D eigenvalue weighted by Crippen LogP contribution is -2.37. The van der Waals surface area contributed by atoms with E-state index in [0.29, 0.717) is 6.54 Å². The van der Waals surface area contributed by atoms with E-state index in [0.717, 1.165) is 50.7 Å². The number of rotatable bonds is 6. The molecule has 1 rings (SSSR count). The molecule has 15 heavy (non-hydrogen) atoms. The van der Waals surface area contributed by atoms with Crippen LogP contribution in [0.5, 0.6) is 0 Å². The average Bonchev–Trinajstić information content (AvgIpc) is 2.26. The summed E-state index contributed by atoms with van der Waals surface area (Å²) in [4.78, 5) is 2.42. The van der Waals surface area contributed by atoms with E-state index in [4.69, 9.17) is 10.5 Å². The average molecular weight is 231 g/mol. The summed E-state index contributed by atoms with van der Waals surface area (Å²) in [6.45, 7) is 7.71. The number of hydrogen-bond acceptors (Lipinski definition) is 5. The van der Waals surface area contributed by atoms with Gasteiger partial charge in [0, 0.05) is 31.1 Å². The Morgan fingerprint density at radius 3 is 2.87 bits per heavy atom. The molecule has 1 heterocycles. The van der Waals surface area contributed by atoms with Gasteiger partial charge in [-0.25, -0.2) is 4.40 Å². The molecule has 1 saturated heterocycles. The molecule has 0 atom stereocenters. The van der Waals surface area contributed by atoms with Crippen LogP contribution in [-0.2, 0) is 4.74 Å². The minimum atomic E-state index is 0.694. The third-order valence-corrected chi connectivity index (χ3v) is 3.13. The fourth-order valence-corrected chi connectivity index (χ4v) is 2.15. The molecule has 5 heteroatoms. The topological polar surface area (TPSA) is 50.8 Å². The van der Waals surface area contributed by atoms with E-state index in [-0.39, 0.29) is 0 Å². The van der Waals surface area contributed by atoms with Crippen LogP contribution < -0.4 is 5.73 Å². The van der Waals surface area contributed by atoms with Gasteiger partial charge in [0.15, 0.2) is 0 Å². The molecule has 0 spiro atoms. The second-order valence-corrected chi connectivity index (χ2v) is 4.50. The molecule has 0 radical (unpaired) electrons. The molecule has 0 amide bonds. The summed E-state index contributed by atoms with van der Waals surface area (Å²) in [7, 11) is 0. The Balaban J connectivity index is 2.02. The van der Waals surface area contributed by atoms with Gasteiger partial charge in [-0.05, 0) is 31.8 Å². The van der Waals surface area contributed by atoms with Crippen LogP contribution in [0.1, 0.15) is 13.3 Å². The van der Waals surface area contributed by atoms with Crippen molar-refractivity contribution in [3.05, 3.63) is 0 Å². The van der Waals surface area contributed by atoms with Crippen LogP contribution in [0.2, 0.25) is 0 Å². The highest BCUT2D eigenvalue weighted by Gasteiger charge is 2.08. The molecule has 0 aromatic carbocycles. The monoisotopic (exact) mass is 231 g/mol. The van der Waals surface area contributed by atoms with Crippen LogP contribution in [0, 0.1) is 0 Å². The van der Waals surface area contributed by atoms with E-state index < -0.39 is 0 Å². The Morgan fingerprint density at radius 2 is 2.20 bits per heavy atom. The summed E-state index contributed by atoms with van der Waals surface area (Å²) in [6.07, 6.45) is 0.907. The van der Waals surface area contributed by atoms with Gasteiger partial charge in [0.05, 0.1) is 13.2 Å². The Labute approximate surface area is 96.4 Å². The molecule has 1 aliphatic rings. The zero-order chi connectivity index (χ0) is 10.9. The van der Waals surface area contributed by atoms with E-state index >= 15 is 0 Å². The maximum Gasteiger partial charge on any atom is 0.0594 e. The number of nitrogens with two attached hydrogens (primary N) is 1. The highest BCUT2D eigenvalue weighted by atomic mass is 32.2. The summed E-state index contributed by atoms with van der Waals surface area (Å²) < 4.78 is 9.68. The first-order chi connectivity index (χ1) is 7.33. The van der Waals surface area contributed by atoms with E-state index in [2.05, 4.69) is 9.30 Å². The SMILES string of the molecule is CC(CCN)=NSCCN1CCOCC1. The molecule has 0 unspecified atom stereocenters. The van der Waals surface area contributed by atoms with Crippen molar-refractivity contribution >= 4 is 17.7 Å². The molecular weight excluding hydrogens is 210 g/mol. The Kier molecular flexibility index (Phi) is 7.00. The molecular formula is C10H21N3OS. The Hall–Kier alpha value is -0.100. The molecule has 0 aromatic heterocycles. The molecule has 0 bridgehead atoms. The predicted molar refractivity (Wildman–Crippen MR) is 66.5 cm³/mol. The summed E-state index contributed by atoms with van der Waals surface area (Å²) in [5, 5.41) is 0. The largest absolute Gasteiger partial charge is 0.379 e. The molecule has 0 saturated carbocycles. The maximum atomic E-state index is 5.44. The van der Waals surface area contributed by atoms with Crippen LogP contribution in [0.3, 0.4) is 0 Å². The lowest BCUT2D eigenvalue weighted by atomic mass is 10.3. The standard InChI is InChI=1S/C10H21N3OS/c1-10(2-3-11)12-15-9-6-13-4-7-14-8-5-13/h2-9,11H2,1H3. The molecule has 1 fully saturated rings. The van der Waals surface area contributed by atoms with Gasteiger partial charge in [-0.3, -0.25) is 4.90 Å². The van der Waals surface area contributed by atoms with Crippen molar-refractivity contribution in [1.82, 2.24) is 4.90 Å². The third kappa shape index (κ3) is 6.14. The van der Waals surface area contributed by atoms with Gasteiger partial charge in [0.25, 0.3) is 0 Å². The fourth-order valence-electron chi connectivity index (χ4n) is 1.41. The van der Waals surface area contributed by atoms with Crippen molar-refractivity contribution in [1.29, 1.82) is 0 Å². The molecule has 88 valence electrons. The van der Waals surface area contributed by atoms with Gasteiger partial charge in [0.2, 0.25) is 0 Å². The molecule has 0 aromatic rings. The zero-order valence-electron chi connectivity index (χ0n) is 9.45. The summed E-state index contributed by atoms with van der Waals surface area (Å²) in [5.41, 5.74) is 6.58. The van der Waals surface area contributed by atoms with Crippen molar-refractivity contribution < 1.29 is 4.74 Å². The van der Waals surface area contributed by atoms with E-state index in [1.165, 1.54) is 0 Å². The highest BCUT2D eigenvalue weighted by molar-refractivity contribution is 7.98. The van der Waals surface area contributed by atoms with E-state index in [1.807, 2.05) is 6.92 Å². The van der Waals surface area contributed by atoms with Crippen LogP contribution in [-0.4, -0.2) is 55.8 Å². The normalized spacial score (nSPS) is 19.5. The highest BCUT2D eigenvalue weighted by Crippen LogP contribution is 2.06. The third-order valence-electron chi connectivity index (χ3n) is 2.33. The molecule has 2 N–H and O–H groups in total. The van der Waals surface area contributed by atoms with Crippen LogP contribution in [0.15, 0.2) is 4.40 Å². The van der Waals surface area contributed by atoms with Crippen molar-refractivity contribution in [2.75, 3.05) is 45.1 Å². The van der Waals surface area contributed by atoms with Gasteiger partial charge in [-0.2, -0.15) is 0 Å². The first-order valence-electron chi connectivity index (χ1n) is 5.48. The van der Waals surface area contributed by atoms with Gasteiger partial charge < -0.3 is 10.5 Å². The van der Waals surface area contributed by atoms with Crippen LogP contribution in [0.4, 0.5) is 0 Å². The first kappa shape index (κ1) is 13.0. The fraction of sp³-hybridized carbons (Fsp3) is 0.900. The molecule has 4 nitrogen and oxygen atoms in total. The minimum absolute atomic E-state index is 0.694. The van der Waals surface area contributed by atoms with Crippen molar-refractivity contribution in [3.8, 4) is 0 Å². The van der Waals surface area contributed by atoms with Gasteiger partial charge in [-0.15, -0.1) is 0 Å². The number of nitrogens with zero attached hydrogens (tertiary/aromatic N) is 2. The Bertz CT molecular complexity index is 193. The van der Waals surface area contributed by atoms with Gasteiger partial charge in [-0.1, -0.05) is 0 Å². The zero-order valence-corrected chi connectivity index (χ0v) is 10.3. The molecule has 1 aliphatic heterocycles. The lowest BCUT2D eigenvalue weighted by Gasteiger charge is -2.25. The van der Waals surface area contributed by atoms with E-state index in [1.54, 1.807) is 11.9 Å². The van der Waals surface area contributed by atoms with E-state index in [9.17, 15) is 0 Å². The number of morpholine rings is 1. The van der Waals surface area contributed by atoms with Crippen LogP contribution >= 0.6 is 11.9 Å². The lowest BCUT2D eigenvalue weighted by molar-refractivity contribution is 0.0410. The first-order valence-corrected chi connectivity index (χ1v) is 6.43. The summed E-state index contributed by atoms with van der Waals surface area (Å²) >= 11 is 1.64. The van der Waals surface area contributed by atoms with Gasteiger partial charge >= 0.3 is 0 Å². The van der Waals surface area contributed by atoms with Crippen molar-refractivity contribution in [2.45, 2.75) is 13.3 Å². The van der Waals surface area contributed by atoms with Crippen molar-refractivity contribution in [2.24, 2.45) is 10.1 Å². The van der Waals surface area contributed by atoms with Crippen LogP contribution in [0.25, 0.3) is 0 Å². The smallest absolute Gasteiger partial charge is 0.0594 e. The summed E-state index contributed by atoms with van der Waals surface area (Å²) in [6, 6.07) is 0. The minimum Gasteiger partial charge on any atom is -0.379 e. The molecule has 0 aliphatic carbocycles. The van der Waals surface area contributed by atoms with Crippen molar-refractivity contribution in [3.63, 3.8) is 0 Å². The predicted octanol–water partition coefficient (Wildman–Crippen LogP) is 0.776.